The molecule has 2 atom stereocenters. The molecule has 0 bridgehead atoms. The SMILES string of the molecule is CN1CCC(c2c(OP(=O)(O)O)cc(O)c3c(=O)cc(-c4ccccc4Cl)oc23)C(O)C1. The lowest BCUT2D eigenvalue weighted by atomic mass is 9.85. The number of piperidine rings is 1. The number of aliphatic hydroxyl groups is 1. The first-order valence-corrected chi connectivity index (χ1v) is 11.7. The van der Waals surface area contributed by atoms with Gasteiger partial charge < -0.3 is 24.1 Å². The molecule has 2 aromatic carbocycles. The maximum atomic E-state index is 12.9. The van der Waals surface area contributed by atoms with E-state index in [1.165, 1.54) is 6.07 Å². The second-order valence-corrected chi connectivity index (χ2v) is 9.34. The van der Waals surface area contributed by atoms with E-state index in [4.69, 9.17) is 20.5 Å². The Kier molecular flexibility index (Phi) is 6.06. The lowest BCUT2D eigenvalue weighted by molar-refractivity contribution is 0.0632. The van der Waals surface area contributed by atoms with Crippen molar-refractivity contribution in [1.82, 2.24) is 4.90 Å². The van der Waals surface area contributed by atoms with Gasteiger partial charge in [-0.2, -0.15) is 0 Å². The number of halogens is 1. The molecule has 0 aliphatic carbocycles. The molecule has 1 aliphatic rings. The van der Waals surface area contributed by atoms with E-state index in [1.54, 1.807) is 24.3 Å². The van der Waals surface area contributed by atoms with E-state index in [-0.39, 0.29) is 34.6 Å². The van der Waals surface area contributed by atoms with Gasteiger partial charge in [-0.05, 0) is 32.1 Å². The second kappa shape index (κ2) is 8.51. The topological polar surface area (TPSA) is 141 Å². The highest BCUT2D eigenvalue weighted by molar-refractivity contribution is 7.46. The first kappa shape index (κ1) is 22.8. The minimum atomic E-state index is -5.03. The Balaban J connectivity index is 2.05. The second-order valence-electron chi connectivity index (χ2n) is 7.77. The molecule has 1 saturated heterocycles. The summed E-state index contributed by atoms with van der Waals surface area (Å²) in [6.45, 7) is 0.866. The number of hydrogen-bond donors (Lipinski definition) is 4. The molecular formula is C21H21ClNO8P. The number of benzene rings is 2. The molecule has 3 aromatic rings. The van der Waals surface area contributed by atoms with Crippen LogP contribution in [0.1, 0.15) is 17.9 Å². The Bertz CT molecular complexity index is 1290. The van der Waals surface area contributed by atoms with Gasteiger partial charge in [-0.15, -0.1) is 0 Å². The number of β-amino-alcohol motifs (C(OH)–C–C–N with tert-alkyl or cyclic N) is 1. The molecule has 1 fully saturated rings. The number of aromatic hydroxyl groups is 1. The summed E-state index contributed by atoms with van der Waals surface area (Å²) in [4.78, 5) is 33.7. The van der Waals surface area contributed by atoms with Crippen LogP contribution in [0.25, 0.3) is 22.3 Å². The Hall–Kier alpha value is -2.39. The van der Waals surface area contributed by atoms with Crippen molar-refractivity contribution in [1.29, 1.82) is 0 Å². The summed E-state index contributed by atoms with van der Waals surface area (Å²) in [5.74, 6) is -1.49. The molecule has 32 heavy (non-hydrogen) atoms. The number of aliphatic hydroxyl groups excluding tert-OH is 1. The van der Waals surface area contributed by atoms with Gasteiger partial charge in [-0.25, -0.2) is 4.57 Å². The summed E-state index contributed by atoms with van der Waals surface area (Å²) in [6.07, 6.45) is -0.537. The zero-order chi connectivity index (χ0) is 23.2. The predicted molar refractivity (Wildman–Crippen MR) is 118 cm³/mol. The molecule has 9 nitrogen and oxygen atoms in total. The van der Waals surface area contributed by atoms with E-state index < -0.39 is 31.0 Å². The molecule has 0 radical (unpaired) electrons. The van der Waals surface area contributed by atoms with Crippen molar-refractivity contribution in [3.05, 3.63) is 57.2 Å². The van der Waals surface area contributed by atoms with Gasteiger partial charge in [0.25, 0.3) is 0 Å². The van der Waals surface area contributed by atoms with Crippen LogP contribution in [0.4, 0.5) is 0 Å². The molecule has 2 heterocycles. The number of phenolic OH excluding ortho intramolecular Hbond substituents is 1. The fraction of sp³-hybridized carbons (Fsp3) is 0.286. The lowest BCUT2D eigenvalue weighted by Gasteiger charge is -2.34. The van der Waals surface area contributed by atoms with Crippen LogP contribution in [0, 0.1) is 0 Å². The number of hydrogen-bond acceptors (Lipinski definition) is 7. The summed E-state index contributed by atoms with van der Waals surface area (Å²) >= 11 is 6.26. The van der Waals surface area contributed by atoms with E-state index in [0.29, 0.717) is 23.6 Å². The number of fused-ring (bicyclic) bond motifs is 1. The van der Waals surface area contributed by atoms with Crippen molar-refractivity contribution in [2.75, 3.05) is 20.1 Å². The van der Waals surface area contributed by atoms with E-state index in [0.717, 1.165) is 6.07 Å². The number of rotatable bonds is 4. The number of phenols is 1. The summed E-state index contributed by atoms with van der Waals surface area (Å²) in [5, 5.41) is 21.4. The number of phosphoric ester groups is 1. The Morgan fingerprint density at radius 3 is 2.62 bits per heavy atom. The minimum absolute atomic E-state index is 0.101. The van der Waals surface area contributed by atoms with Crippen LogP contribution >= 0.6 is 19.4 Å². The molecular weight excluding hydrogens is 461 g/mol. The Morgan fingerprint density at radius 2 is 1.97 bits per heavy atom. The van der Waals surface area contributed by atoms with Crippen molar-refractivity contribution >= 4 is 30.4 Å². The van der Waals surface area contributed by atoms with E-state index in [9.17, 15) is 29.4 Å². The Morgan fingerprint density at radius 1 is 1.25 bits per heavy atom. The van der Waals surface area contributed by atoms with Gasteiger partial charge in [0.1, 0.15) is 28.2 Å². The van der Waals surface area contributed by atoms with Gasteiger partial charge in [-0.3, -0.25) is 14.6 Å². The average molecular weight is 482 g/mol. The van der Waals surface area contributed by atoms with Gasteiger partial charge in [-0.1, -0.05) is 23.7 Å². The molecule has 4 rings (SSSR count). The smallest absolute Gasteiger partial charge is 0.507 e. The van der Waals surface area contributed by atoms with Crippen LogP contribution in [0.2, 0.25) is 5.02 Å². The standard InChI is InChI=1S/C21H21ClNO8P/c1-23-7-6-12(16(26)10-23)19-18(31-32(27,28)29)9-15(25)20-14(24)8-17(30-21(19)20)11-4-2-3-5-13(11)22/h2-5,8-9,12,16,25-26H,6-7,10H2,1H3,(H2,27,28,29). The normalized spacial score (nSPS) is 19.9. The average Bonchev–Trinajstić information content (AvgIpc) is 2.68. The zero-order valence-corrected chi connectivity index (χ0v) is 18.6. The molecule has 0 saturated carbocycles. The fourth-order valence-electron chi connectivity index (χ4n) is 4.09. The van der Waals surface area contributed by atoms with Crippen LogP contribution in [-0.4, -0.2) is 51.1 Å². The lowest BCUT2D eigenvalue weighted by Crippen LogP contribution is -2.40. The van der Waals surface area contributed by atoms with Crippen LogP contribution in [0.5, 0.6) is 11.5 Å². The highest BCUT2D eigenvalue weighted by atomic mass is 35.5. The number of likely N-dealkylation sites (N-methyl/N-ethyl adjacent to an activating group) is 1. The fourth-order valence-corrected chi connectivity index (χ4v) is 4.72. The third kappa shape index (κ3) is 4.41. The van der Waals surface area contributed by atoms with Crippen molar-refractivity contribution in [2.45, 2.75) is 18.4 Å². The maximum Gasteiger partial charge on any atom is 0.524 e. The first-order valence-electron chi connectivity index (χ1n) is 9.75. The molecule has 1 aromatic heterocycles. The van der Waals surface area contributed by atoms with E-state index in [1.807, 2.05) is 11.9 Å². The molecule has 170 valence electrons. The van der Waals surface area contributed by atoms with Crippen molar-refractivity contribution in [2.24, 2.45) is 0 Å². The Labute approximate surface area is 187 Å². The van der Waals surface area contributed by atoms with Gasteiger partial charge in [0.05, 0.1) is 11.1 Å². The van der Waals surface area contributed by atoms with Crippen LogP contribution in [-0.2, 0) is 4.57 Å². The van der Waals surface area contributed by atoms with Crippen molar-refractivity contribution in [3.63, 3.8) is 0 Å². The van der Waals surface area contributed by atoms with Gasteiger partial charge in [0, 0.05) is 35.7 Å². The van der Waals surface area contributed by atoms with Crippen LogP contribution in [0.3, 0.4) is 0 Å². The zero-order valence-electron chi connectivity index (χ0n) is 16.9. The maximum absolute atomic E-state index is 12.9. The molecule has 0 spiro atoms. The third-order valence-electron chi connectivity index (χ3n) is 5.49. The summed E-state index contributed by atoms with van der Waals surface area (Å²) in [7, 11) is -3.20. The van der Waals surface area contributed by atoms with Gasteiger partial charge in [0.2, 0.25) is 0 Å². The van der Waals surface area contributed by atoms with Crippen LogP contribution < -0.4 is 9.95 Å². The molecule has 11 heteroatoms. The van der Waals surface area contributed by atoms with Crippen molar-refractivity contribution < 1.29 is 33.5 Å². The monoisotopic (exact) mass is 481 g/mol. The van der Waals surface area contributed by atoms with Gasteiger partial charge >= 0.3 is 7.82 Å². The quantitative estimate of drug-likeness (QED) is 0.414. The number of nitrogens with zero attached hydrogens (tertiary/aromatic N) is 1. The number of phosphoric acid groups is 1. The molecule has 2 unspecified atom stereocenters. The summed E-state index contributed by atoms with van der Waals surface area (Å²) in [5.41, 5.74) is -0.175. The first-order chi connectivity index (χ1) is 15.0. The highest BCUT2D eigenvalue weighted by Crippen LogP contribution is 2.48. The molecule has 4 N–H and O–H groups in total. The predicted octanol–water partition coefficient (Wildman–Crippen LogP) is 3.07. The molecule has 1 aliphatic heterocycles. The molecule has 0 amide bonds. The highest BCUT2D eigenvalue weighted by Gasteiger charge is 2.35. The van der Waals surface area contributed by atoms with Crippen molar-refractivity contribution in [3.8, 4) is 22.8 Å². The number of likely N-dealkylation sites (tertiary alicyclic amines) is 1. The minimum Gasteiger partial charge on any atom is -0.507 e. The van der Waals surface area contributed by atoms with E-state index >= 15 is 0 Å². The third-order valence-corrected chi connectivity index (χ3v) is 6.26. The largest absolute Gasteiger partial charge is 0.524 e. The van der Waals surface area contributed by atoms with Gasteiger partial charge in [0.15, 0.2) is 5.43 Å². The van der Waals surface area contributed by atoms with Crippen LogP contribution in [0.15, 0.2) is 45.6 Å². The van der Waals surface area contributed by atoms with E-state index in [2.05, 4.69) is 0 Å². The summed E-state index contributed by atoms with van der Waals surface area (Å²) < 4.78 is 22.5. The summed E-state index contributed by atoms with van der Waals surface area (Å²) in [6, 6.07) is 8.83.